The highest BCUT2D eigenvalue weighted by molar-refractivity contribution is 5.91. The van der Waals surface area contributed by atoms with Crippen LogP contribution in [0.15, 0.2) is 12.2 Å². The highest BCUT2D eigenvalue weighted by atomic mass is 16.7. The van der Waals surface area contributed by atoms with Crippen LogP contribution in [0, 0.1) is 0 Å². The molecule has 0 saturated carbocycles. The van der Waals surface area contributed by atoms with Crippen LogP contribution in [-0.2, 0) is 57.2 Å². The molecule has 0 aromatic heterocycles. The van der Waals surface area contributed by atoms with E-state index in [1.165, 1.54) is 0 Å². The summed E-state index contributed by atoms with van der Waals surface area (Å²) in [5.74, 6) is -4.15. The lowest BCUT2D eigenvalue weighted by Crippen LogP contribution is -2.67. The zero-order valence-electron chi connectivity index (χ0n) is 23.8. The molecule has 5 atom stereocenters. The predicted octanol–water partition coefficient (Wildman–Crippen LogP) is 2.04. The van der Waals surface area contributed by atoms with Gasteiger partial charge in [-0.05, 0) is 25.7 Å². The minimum absolute atomic E-state index is 0.0189. The third-order valence-electron chi connectivity index (χ3n) is 5.55. The Labute approximate surface area is 234 Å². The second kappa shape index (κ2) is 18.7. The van der Waals surface area contributed by atoms with Gasteiger partial charge < -0.3 is 33.7 Å². The summed E-state index contributed by atoms with van der Waals surface area (Å²) in [6.45, 7) is 6.68. The monoisotopic (exact) mass is 571 g/mol. The van der Waals surface area contributed by atoms with E-state index in [1.54, 1.807) is 27.7 Å². The molecule has 0 spiro atoms. The number of ether oxygens (including phenoxy) is 6. The summed E-state index contributed by atoms with van der Waals surface area (Å²) in [7, 11) is 1.13. The molecular formula is C27H41NO12. The normalized spacial score (nSPS) is 22.2. The van der Waals surface area contributed by atoms with Gasteiger partial charge in [0, 0.05) is 37.8 Å². The molecule has 1 amide bonds. The second-order valence-electron chi connectivity index (χ2n) is 9.02. The van der Waals surface area contributed by atoms with Crippen LogP contribution < -0.4 is 5.32 Å². The fourth-order valence-corrected chi connectivity index (χ4v) is 3.70. The van der Waals surface area contributed by atoms with E-state index in [4.69, 9.17) is 23.7 Å². The lowest BCUT2D eigenvalue weighted by atomic mass is 9.95. The zero-order chi connectivity index (χ0) is 30.1. The number of nitrogens with one attached hydrogen (secondary N) is 1. The van der Waals surface area contributed by atoms with Gasteiger partial charge in [0.1, 0.15) is 18.8 Å². The van der Waals surface area contributed by atoms with Gasteiger partial charge in [-0.3, -0.25) is 19.2 Å². The third-order valence-corrected chi connectivity index (χ3v) is 5.55. The van der Waals surface area contributed by atoms with Gasteiger partial charge >= 0.3 is 29.8 Å². The van der Waals surface area contributed by atoms with Gasteiger partial charge in [0.05, 0.1) is 7.11 Å². The third kappa shape index (κ3) is 12.1. The van der Waals surface area contributed by atoms with Crippen molar-refractivity contribution in [3.8, 4) is 0 Å². The number of carbonyl (C=O) groups excluding carboxylic acids is 6. The average molecular weight is 572 g/mol. The number of carbonyl (C=O) groups is 6. The predicted molar refractivity (Wildman–Crippen MR) is 138 cm³/mol. The summed E-state index contributed by atoms with van der Waals surface area (Å²) in [4.78, 5) is 73.9. The van der Waals surface area contributed by atoms with E-state index >= 15 is 0 Å². The molecular weight excluding hydrogens is 530 g/mol. The number of methoxy groups -OCH3 is 1. The Morgan fingerprint density at radius 3 is 1.77 bits per heavy atom. The highest BCUT2D eigenvalue weighted by Crippen LogP contribution is 2.29. The molecule has 1 aliphatic rings. The van der Waals surface area contributed by atoms with Crippen molar-refractivity contribution in [1.29, 1.82) is 0 Å². The summed E-state index contributed by atoms with van der Waals surface area (Å²) in [5, 5.41) is 2.66. The van der Waals surface area contributed by atoms with Crippen molar-refractivity contribution in [2.24, 2.45) is 0 Å². The molecule has 1 N–H and O–H groups in total. The van der Waals surface area contributed by atoms with Crippen molar-refractivity contribution >= 4 is 35.8 Å². The molecule has 5 unspecified atom stereocenters. The fraction of sp³-hybridized carbons (Fsp3) is 0.704. The average Bonchev–Trinajstić information content (AvgIpc) is 2.90. The Morgan fingerprint density at radius 1 is 0.700 bits per heavy atom. The molecule has 0 bridgehead atoms. The molecule has 226 valence electrons. The smallest absolute Gasteiger partial charge is 0.333 e. The van der Waals surface area contributed by atoms with E-state index in [9.17, 15) is 28.8 Å². The summed E-state index contributed by atoms with van der Waals surface area (Å²) < 4.78 is 32.4. The molecule has 0 radical (unpaired) electrons. The highest BCUT2D eigenvalue weighted by Gasteiger charge is 2.52. The molecule has 0 aromatic rings. The van der Waals surface area contributed by atoms with Gasteiger partial charge in [-0.1, -0.05) is 27.7 Å². The summed E-state index contributed by atoms with van der Waals surface area (Å²) in [6, 6.07) is -1.31. The van der Waals surface area contributed by atoms with E-state index in [1.807, 2.05) is 0 Å². The maximum absolute atomic E-state index is 12.7. The van der Waals surface area contributed by atoms with Crippen molar-refractivity contribution in [1.82, 2.24) is 5.32 Å². The molecule has 13 heteroatoms. The van der Waals surface area contributed by atoms with Gasteiger partial charge in [-0.15, -0.1) is 0 Å². The van der Waals surface area contributed by atoms with E-state index in [2.05, 4.69) is 10.1 Å². The van der Waals surface area contributed by atoms with Crippen LogP contribution in [0.1, 0.15) is 79.1 Å². The summed E-state index contributed by atoms with van der Waals surface area (Å²) in [5.41, 5.74) is 0. The van der Waals surface area contributed by atoms with Gasteiger partial charge in [0.15, 0.2) is 12.2 Å². The maximum Gasteiger partial charge on any atom is 0.333 e. The fourth-order valence-electron chi connectivity index (χ4n) is 3.70. The van der Waals surface area contributed by atoms with Crippen LogP contribution in [0.3, 0.4) is 0 Å². The van der Waals surface area contributed by atoms with Gasteiger partial charge in [0.2, 0.25) is 12.2 Å². The molecule has 40 heavy (non-hydrogen) atoms. The lowest BCUT2D eigenvalue weighted by Gasteiger charge is -2.44. The maximum atomic E-state index is 12.7. The van der Waals surface area contributed by atoms with E-state index in [-0.39, 0.29) is 25.7 Å². The molecule has 1 fully saturated rings. The molecule has 1 saturated heterocycles. The first kappa shape index (κ1) is 34.5. The van der Waals surface area contributed by atoms with E-state index < -0.39 is 73.0 Å². The minimum atomic E-state index is -1.58. The van der Waals surface area contributed by atoms with Crippen LogP contribution in [-0.4, -0.2) is 80.1 Å². The topological polar surface area (TPSA) is 170 Å². The van der Waals surface area contributed by atoms with Crippen molar-refractivity contribution in [3.63, 3.8) is 0 Å². The zero-order valence-corrected chi connectivity index (χ0v) is 23.8. The Balaban J connectivity index is 3.52. The minimum Gasteiger partial charge on any atom is -0.466 e. The Hall–Kier alpha value is -3.48. The molecule has 1 aliphatic heterocycles. The Morgan fingerprint density at radius 2 is 1.23 bits per heavy atom. The largest absolute Gasteiger partial charge is 0.466 e. The van der Waals surface area contributed by atoms with Crippen LogP contribution in [0.25, 0.3) is 0 Å². The number of hydrogen-bond acceptors (Lipinski definition) is 12. The Bertz CT molecular complexity index is 902. The van der Waals surface area contributed by atoms with Crippen molar-refractivity contribution < 1.29 is 57.2 Å². The second-order valence-corrected chi connectivity index (χ2v) is 9.02. The van der Waals surface area contributed by atoms with Crippen molar-refractivity contribution in [2.75, 3.05) is 13.7 Å². The first-order chi connectivity index (χ1) is 19.1. The number of esters is 5. The van der Waals surface area contributed by atoms with E-state index in [0.29, 0.717) is 25.7 Å². The van der Waals surface area contributed by atoms with Crippen molar-refractivity contribution in [3.05, 3.63) is 12.2 Å². The summed E-state index contributed by atoms with van der Waals surface area (Å²) >= 11 is 0. The Kier molecular flexibility index (Phi) is 16.2. The summed E-state index contributed by atoms with van der Waals surface area (Å²) in [6.07, 6.45) is -1.69. The molecule has 0 aliphatic carbocycles. The molecule has 1 heterocycles. The quantitative estimate of drug-likeness (QED) is 0.163. The van der Waals surface area contributed by atoms with Gasteiger partial charge in [0.25, 0.3) is 0 Å². The van der Waals surface area contributed by atoms with Crippen LogP contribution >= 0.6 is 0 Å². The molecule has 0 aromatic carbocycles. The van der Waals surface area contributed by atoms with Gasteiger partial charge in [-0.2, -0.15) is 0 Å². The van der Waals surface area contributed by atoms with Crippen molar-refractivity contribution in [2.45, 2.75) is 110 Å². The molecule has 1 rings (SSSR count). The number of amides is 1. The number of hydrogen-bond donors (Lipinski definition) is 1. The van der Waals surface area contributed by atoms with Crippen LogP contribution in [0.5, 0.6) is 0 Å². The first-order valence-corrected chi connectivity index (χ1v) is 13.6. The van der Waals surface area contributed by atoms with Gasteiger partial charge in [-0.25, -0.2) is 9.59 Å². The standard InChI is InChI=1S/C27H41NO12/c1-6-10-18(29)28-24-26(39-22(33)13-9-4)25(38-21(32)12-8-3)17(16-36-20(31)11-7-2)37-27(24)40-23(34)15-14-19(30)35-5/h14-15,17,24-27H,6-13,16H2,1-5H3,(H,28,29)/b15-14+. The van der Waals surface area contributed by atoms with E-state index in [0.717, 1.165) is 19.3 Å². The van der Waals surface area contributed by atoms with Crippen LogP contribution in [0.2, 0.25) is 0 Å². The first-order valence-electron chi connectivity index (χ1n) is 13.6. The SMILES string of the molecule is CCCC(=O)NC1C(OC(=O)/C=C/C(=O)OC)OC(COC(=O)CCC)C(OC(=O)CCC)C1OC(=O)CCC. The van der Waals surface area contributed by atoms with Crippen LogP contribution in [0.4, 0.5) is 0 Å². The molecule has 13 nitrogen and oxygen atoms in total. The number of rotatable bonds is 16. The lowest BCUT2D eigenvalue weighted by molar-refractivity contribution is -0.271.